The molecular formula is C13H19F3N4OS. The molecule has 0 bridgehead atoms. The first-order valence-electron chi connectivity index (χ1n) is 7.09. The van der Waals surface area contributed by atoms with Crippen LogP contribution in [0.25, 0.3) is 0 Å². The van der Waals surface area contributed by atoms with Crippen LogP contribution in [-0.4, -0.2) is 46.0 Å². The number of hydrogen-bond acceptors (Lipinski definition) is 4. The van der Waals surface area contributed by atoms with Gasteiger partial charge in [-0.1, -0.05) is 0 Å². The van der Waals surface area contributed by atoms with E-state index in [1.807, 2.05) is 28.0 Å². The fourth-order valence-electron chi connectivity index (χ4n) is 2.20. The van der Waals surface area contributed by atoms with Gasteiger partial charge in [0.25, 0.3) is 0 Å². The number of anilines is 1. The molecule has 0 radical (unpaired) electrons. The minimum Gasteiger partial charge on any atom is -0.357 e. The molecule has 5 nitrogen and oxygen atoms in total. The van der Waals surface area contributed by atoms with Gasteiger partial charge in [-0.25, -0.2) is 0 Å². The molecule has 0 saturated carbocycles. The monoisotopic (exact) mass is 336 g/mol. The molecule has 22 heavy (non-hydrogen) atoms. The van der Waals surface area contributed by atoms with Crippen molar-refractivity contribution in [3.63, 3.8) is 0 Å². The molecule has 2 heterocycles. The van der Waals surface area contributed by atoms with E-state index in [1.54, 1.807) is 6.07 Å². The Balaban J connectivity index is 1.85. The van der Waals surface area contributed by atoms with Crippen molar-refractivity contribution < 1.29 is 18.0 Å². The second kappa shape index (κ2) is 7.26. The van der Waals surface area contributed by atoms with Crippen LogP contribution in [0.2, 0.25) is 0 Å². The summed E-state index contributed by atoms with van der Waals surface area (Å²) < 4.78 is 38.1. The molecule has 124 valence electrons. The molecule has 0 spiro atoms. The third-order valence-electron chi connectivity index (χ3n) is 3.39. The highest BCUT2D eigenvalue weighted by atomic mass is 32.2. The summed E-state index contributed by atoms with van der Waals surface area (Å²) >= 11 is 1.92. The summed E-state index contributed by atoms with van der Waals surface area (Å²) in [6, 6.07) is 1.30. The van der Waals surface area contributed by atoms with E-state index in [-0.39, 0.29) is 0 Å². The van der Waals surface area contributed by atoms with Crippen LogP contribution >= 0.6 is 11.8 Å². The lowest BCUT2D eigenvalue weighted by Crippen LogP contribution is -2.42. The maximum absolute atomic E-state index is 12.1. The Hall–Kier alpha value is -1.38. The lowest BCUT2D eigenvalue weighted by molar-refractivity contribution is -0.138. The number of carbonyl (C=O) groups is 1. The third-order valence-corrected chi connectivity index (χ3v) is 4.44. The zero-order valence-corrected chi connectivity index (χ0v) is 13.0. The molecule has 0 aliphatic carbocycles. The average Bonchev–Trinajstić information content (AvgIpc) is 2.93. The number of carbonyl (C=O) groups excluding carboxylic acids is 1. The van der Waals surface area contributed by atoms with Crippen LogP contribution < -0.4 is 10.6 Å². The molecule has 2 rings (SSSR count). The van der Waals surface area contributed by atoms with Gasteiger partial charge in [0.15, 0.2) is 0 Å². The molecule has 1 fully saturated rings. The van der Waals surface area contributed by atoms with E-state index in [9.17, 15) is 18.0 Å². The van der Waals surface area contributed by atoms with Gasteiger partial charge in [-0.15, -0.1) is 0 Å². The Morgan fingerprint density at radius 1 is 1.50 bits per heavy atom. The maximum atomic E-state index is 12.1. The maximum Gasteiger partial charge on any atom is 0.405 e. The number of amides is 1. The van der Waals surface area contributed by atoms with Gasteiger partial charge in [0.2, 0.25) is 5.91 Å². The number of rotatable bonds is 5. The van der Waals surface area contributed by atoms with E-state index in [4.69, 9.17) is 0 Å². The first kappa shape index (κ1) is 17.0. The van der Waals surface area contributed by atoms with Crippen LogP contribution in [0.15, 0.2) is 12.3 Å². The van der Waals surface area contributed by atoms with Gasteiger partial charge >= 0.3 is 6.18 Å². The Kier molecular flexibility index (Phi) is 5.60. The minimum atomic E-state index is -4.41. The molecular weight excluding hydrogens is 317 g/mol. The predicted octanol–water partition coefficient (Wildman–Crippen LogP) is 2.43. The molecule has 1 unspecified atom stereocenters. The lowest BCUT2D eigenvalue weighted by atomic mass is 10.2. The van der Waals surface area contributed by atoms with Crippen molar-refractivity contribution in [2.75, 3.05) is 23.4 Å². The highest BCUT2D eigenvalue weighted by Crippen LogP contribution is 2.26. The zero-order valence-electron chi connectivity index (χ0n) is 12.2. The molecule has 1 aliphatic rings. The number of alkyl halides is 3. The Morgan fingerprint density at radius 3 is 2.82 bits per heavy atom. The van der Waals surface area contributed by atoms with Crippen molar-refractivity contribution in [3.05, 3.63) is 12.3 Å². The fraction of sp³-hybridized carbons (Fsp3) is 0.692. The number of halogens is 3. The topological polar surface area (TPSA) is 59.0 Å². The highest BCUT2D eigenvalue weighted by molar-refractivity contribution is 7.99. The van der Waals surface area contributed by atoms with Gasteiger partial charge in [-0.05, 0) is 31.3 Å². The standard InChI is InChI=1S/C13H19F3N4OS/c1-9(12(21)17-8-13(14,15)16)18-11-2-5-20(19-11)10-3-6-22-7-4-10/h2,5,9-10H,3-4,6-8H2,1H3,(H,17,21)(H,18,19). The third kappa shape index (κ3) is 5.11. The van der Waals surface area contributed by atoms with E-state index in [1.165, 1.54) is 6.92 Å². The molecule has 1 saturated heterocycles. The number of aromatic nitrogens is 2. The average molecular weight is 336 g/mol. The molecule has 9 heteroatoms. The zero-order chi connectivity index (χ0) is 16.2. The van der Waals surface area contributed by atoms with Gasteiger partial charge in [-0.2, -0.15) is 30.0 Å². The van der Waals surface area contributed by atoms with E-state index >= 15 is 0 Å². The number of hydrogen-bond donors (Lipinski definition) is 2. The van der Waals surface area contributed by atoms with E-state index in [2.05, 4.69) is 10.4 Å². The molecule has 2 N–H and O–H groups in total. The summed E-state index contributed by atoms with van der Waals surface area (Å²) in [5.74, 6) is 1.99. The van der Waals surface area contributed by atoms with Crippen molar-refractivity contribution in [3.8, 4) is 0 Å². The molecule has 0 aromatic carbocycles. The fourth-order valence-corrected chi connectivity index (χ4v) is 3.28. The van der Waals surface area contributed by atoms with Crippen LogP contribution in [0.1, 0.15) is 25.8 Å². The molecule has 1 aliphatic heterocycles. The van der Waals surface area contributed by atoms with E-state index in [0.717, 1.165) is 24.3 Å². The van der Waals surface area contributed by atoms with Crippen molar-refractivity contribution >= 4 is 23.5 Å². The van der Waals surface area contributed by atoms with Crippen LogP contribution in [0.3, 0.4) is 0 Å². The second-order valence-corrected chi connectivity index (χ2v) is 6.45. The van der Waals surface area contributed by atoms with Gasteiger partial charge in [-0.3, -0.25) is 9.48 Å². The summed E-state index contributed by atoms with van der Waals surface area (Å²) in [4.78, 5) is 11.6. The summed E-state index contributed by atoms with van der Waals surface area (Å²) in [5, 5.41) is 9.03. The van der Waals surface area contributed by atoms with Gasteiger partial charge in [0.05, 0.1) is 6.04 Å². The molecule has 1 amide bonds. The van der Waals surface area contributed by atoms with E-state index in [0.29, 0.717) is 11.9 Å². The normalized spacial score (nSPS) is 18.0. The predicted molar refractivity (Wildman–Crippen MR) is 80.0 cm³/mol. The summed E-state index contributed by atoms with van der Waals surface area (Å²) in [6.45, 7) is 0.175. The van der Waals surface area contributed by atoms with E-state index < -0.39 is 24.7 Å². The Labute approximate surface area is 131 Å². The SMILES string of the molecule is CC(Nc1ccn(C2CCSCC2)n1)C(=O)NCC(F)(F)F. The summed E-state index contributed by atoms with van der Waals surface area (Å²) in [5.41, 5.74) is 0. The summed E-state index contributed by atoms with van der Waals surface area (Å²) in [6.07, 6.45) is -0.472. The molecule has 1 aromatic rings. The van der Waals surface area contributed by atoms with Gasteiger partial charge < -0.3 is 10.6 Å². The number of nitrogens with one attached hydrogen (secondary N) is 2. The van der Waals surface area contributed by atoms with Gasteiger partial charge in [0.1, 0.15) is 18.4 Å². The number of nitrogens with zero attached hydrogens (tertiary/aromatic N) is 2. The van der Waals surface area contributed by atoms with Crippen molar-refractivity contribution in [1.29, 1.82) is 0 Å². The Bertz CT molecular complexity index is 500. The molecule has 1 aromatic heterocycles. The second-order valence-electron chi connectivity index (χ2n) is 5.22. The van der Waals surface area contributed by atoms with Gasteiger partial charge in [0, 0.05) is 12.3 Å². The van der Waals surface area contributed by atoms with Crippen molar-refractivity contribution in [2.24, 2.45) is 0 Å². The first-order chi connectivity index (χ1) is 10.3. The van der Waals surface area contributed by atoms with Crippen LogP contribution in [-0.2, 0) is 4.79 Å². The smallest absolute Gasteiger partial charge is 0.357 e. The Morgan fingerprint density at radius 2 is 2.18 bits per heavy atom. The molecule has 1 atom stereocenters. The quantitative estimate of drug-likeness (QED) is 0.867. The van der Waals surface area contributed by atoms with Crippen LogP contribution in [0.5, 0.6) is 0 Å². The summed E-state index contributed by atoms with van der Waals surface area (Å²) in [7, 11) is 0. The highest BCUT2D eigenvalue weighted by Gasteiger charge is 2.28. The largest absolute Gasteiger partial charge is 0.405 e. The van der Waals surface area contributed by atoms with Crippen LogP contribution in [0, 0.1) is 0 Å². The number of thioether (sulfide) groups is 1. The first-order valence-corrected chi connectivity index (χ1v) is 8.24. The van der Waals surface area contributed by atoms with Crippen molar-refractivity contribution in [2.45, 2.75) is 38.0 Å². The minimum absolute atomic E-state index is 0.353. The van der Waals surface area contributed by atoms with Crippen molar-refractivity contribution in [1.82, 2.24) is 15.1 Å². The van der Waals surface area contributed by atoms with Crippen LogP contribution in [0.4, 0.5) is 19.0 Å². The lowest BCUT2D eigenvalue weighted by Gasteiger charge is -2.21.